The van der Waals surface area contributed by atoms with Crippen molar-refractivity contribution in [1.29, 1.82) is 10.5 Å². The molecule has 1 fully saturated rings. The number of para-hydroxylation sites is 1. The molecule has 3 aromatic rings. The number of fused-ring (bicyclic) bond motifs is 3. The number of halogens is 1. The smallest absolute Gasteiger partial charge is 0.185 e. The normalized spacial score (nSPS) is 21.0. The number of ketones is 1. The van der Waals surface area contributed by atoms with Crippen molar-refractivity contribution in [3.05, 3.63) is 94.0 Å². The van der Waals surface area contributed by atoms with Gasteiger partial charge < -0.3 is 14.4 Å². The highest BCUT2D eigenvalue weighted by Gasteiger charge is 2.63. The van der Waals surface area contributed by atoms with Crippen molar-refractivity contribution in [1.82, 2.24) is 0 Å². The third-order valence-electron chi connectivity index (χ3n) is 7.09. The van der Waals surface area contributed by atoms with E-state index in [1.807, 2.05) is 53.5 Å². The molecular formula is C29H22BrN3O3. The summed E-state index contributed by atoms with van der Waals surface area (Å²) in [5.74, 6) is 0.362. The lowest BCUT2D eigenvalue weighted by molar-refractivity contribution is 0.0951. The highest BCUT2D eigenvalue weighted by atomic mass is 79.9. The number of anilines is 1. The van der Waals surface area contributed by atoms with Crippen molar-refractivity contribution in [2.75, 3.05) is 19.1 Å². The first-order valence-corrected chi connectivity index (χ1v) is 12.2. The molecule has 0 saturated carbocycles. The molecular weight excluding hydrogens is 518 g/mol. The molecule has 178 valence electrons. The predicted octanol–water partition coefficient (Wildman–Crippen LogP) is 5.75. The van der Waals surface area contributed by atoms with Crippen LogP contribution in [-0.2, 0) is 0 Å². The molecule has 0 bridgehead atoms. The molecule has 0 radical (unpaired) electrons. The van der Waals surface area contributed by atoms with Crippen LogP contribution in [0.4, 0.5) is 5.69 Å². The van der Waals surface area contributed by atoms with Gasteiger partial charge in [-0.25, -0.2) is 0 Å². The minimum Gasteiger partial charge on any atom is -0.497 e. The Bertz CT molecular complexity index is 1440. The van der Waals surface area contributed by atoms with Crippen molar-refractivity contribution < 1.29 is 14.3 Å². The lowest BCUT2D eigenvalue weighted by atomic mass is 9.69. The van der Waals surface area contributed by atoms with Crippen molar-refractivity contribution in [2.45, 2.75) is 18.0 Å². The summed E-state index contributed by atoms with van der Waals surface area (Å²) in [4.78, 5) is 16.2. The second kappa shape index (κ2) is 9.18. The van der Waals surface area contributed by atoms with Crippen LogP contribution < -0.4 is 14.4 Å². The molecule has 0 aromatic heterocycles. The number of benzene rings is 3. The molecule has 6 nitrogen and oxygen atoms in total. The largest absolute Gasteiger partial charge is 0.497 e. The highest BCUT2D eigenvalue weighted by Crippen LogP contribution is 2.56. The third kappa shape index (κ3) is 3.47. The lowest BCUT2D eigenvalue weighted by Crippen LogP contribution is -2.44. The summed E-state index contributed by atoms with van der Waals surface area (Å²) in [5, 5.41) is 21.1. The minimum atomic E-state index is -1.51. The third-order valence-corrected chi connectivity index (χ3v) is 7.71. The maximum atomic E-state index is 14.3. The van der Waals surface area contributed by atoms with Gasteiger partial charge in [0.05, 0.1) is 36.9 Å². The van der Waals surface area contributed by atoms with Crippen molar-refractivity contribution in [2.24, 2.45) is 5.41 Å². The van der Waals surface area contributed by atoms with Crippen LogP contribution in [0.25, 0.3) is 6.08 Å². The van der Waals surface area contributed by atoms with Gasteiger partial charge in [-0.05, 0) is 69.5 Å². The van der Waals surface area contributed by atoms with E-state index in [0.717, 1.165) is 11.3 Å². The van der Waals surface area contributed by atoms with Crippen LogP contribution in [0.15, 0.2) is 77.3 Å². The predicted molar refractivity (Wildman–Crippen MR) is 140 cm³/mol. The number of carbonyl (C=O) groups is 1. The number of hydrogen-bond acceptors (Lipinski definition) is 6. The maximum absolute atomic E-state index is 14.3. The fourth-order valence-electron chi connectivity index (χ4n) is 5.41. The Morgan fingerprint density at radius 3 is 2.36 bits per heavy atom. The van der Waals surface area contributed by atoms with Crippen LogP contribution >= 0.6 is 15.9 Å². The number of rotatable bonds is 5. The molecule has 7 heteroatoms. The maximum Gasteiger partial charge on any atom is 0.185 e. The molecule has 3 aromatic carbocycles. The molecule has 2 heterocycles. The van der Waals surface area contributed by atoms with Gasteiger partial charge in [0.1, 0.15) is 17.5 Å². The average molecular weight is 540 g/mol. The van der Waals surface area contributed by atoms with Crippen LogP contribution in [0.3, 0.4) is 0 Å². The van der Waals surface area contributed by atoms with Gasteiger partial charge in [-0.1, -0.05) is 36.4 Å². The van der Waals surface area contributed by atoms with Gasteiger partial charge in [-0.2, -0.15) is 10.5 Å². The van der Waals surface area contributed by atoms with E-state index in [9.17, 15) is 15.3 Å². The molecule has 5 rings (SSSR count). The summed E-state index contributed by atoms with van der Waals surface area (Å²) in [5.41, 5.74) is 1.43. The van der Waals surface area contributed by atoms with Crippen LogP contribution in [-0.4, -0.2) is 32.1 Å². The number of carbonyl (C=O) groups excluding carboxylic acids is 1. The number of nitrogens with zero attached hydrogens (tertiary/aromatic N) is 3. The quantitative estimate of drug-likeness (QED) is 0.383. The summed E-state index contributed by atoms with van der Waals surface area (Å²) >= 11 is 3.54. The van der Waals surface area contributed by atoms with E-state index in [0.29, 0.717) is 27.1 Å². The molecule has 0 spiro atoms. The second-order valence-electron chi connectivity index (χ2n) is 8.77. The van der Waals surface area contributed by atoms with Gasteiger partial charge in [-0.15, -0.1) is 0 Å². The summed E-state index contributed by atoms with van der Waals surface area (Å²) in [6.45, 7) is 0. The van der Waals surface area contributed by atoms with E-state index in [1.54, 1.807) is 44.6 Å². The van der Waals surface area contributed by atoms with Gasteiger partial charge >= 0.3 is 0 Å². The lowest BCUT2D eigenvalue weighted by Gasteiger charge is -2.35. The van der Waals surface area contributed by atoms with Crippen molar-refractivity contribution >= 4 is 33.5 Å². The molecule has 3 atom stereocenters. The first kappa shape index (κ1) is 23.7. The molecule has 0 aliphatic carbocycles. The van der Waals surface area contributed by atoms with E-state index in [4.69, 9.17) is 9.47 Å². The Kier molecular flexibility index (Phi) is 6.04. The summed E-state index contributed by atoms with van der Waals surface area (Å²) in [7, 11) is 3.14. The van der Waals surface area contributed by atoms with E-state index >= 15 is 0 Å². The Labute approximate surface area is 218 Å². The highest BCUT2D eigenvalue weighted by molar-refractivity contribution is 9.10. The topological polar surface area (TPSA) is 86.3 Å². The summed E-state index contributed by atoms with van der Waals surface area (Å²) < 4.78 is 11.3. The van der Waals surface area contributed by atoms with Crippen molar-refractivity contribution in [3.63, 3.8) is 0 Å². The van der Waals surface area contributed by atoms with Crippen LogP contribution in [0.1, 0.15) is 27.4 Å². The molecule has 3 unspecified atom stereocenters. The Hall–Kier alpha value is -4.07. The zero-order valence-corrected chi connectivity index (χ0v) is 21.3. The van der Waals surface area contributed by atoms with E-state index in [1.165, 1.54) is 0 Å². The Balaban J connectivity index is 1.76. The van der Waals surface area contributed by atoms with Gasteiger partial charge in [-0.3, -0.25) is 4.79 Å². The summed E-state index contributed by atoms with van der Waals surface area (Å²) in [6.07, 6.45) is 3.81. The monoisotopic (exact) mass is 539 g/mol. The van der Waals surface area contributed by atoms with Gasteiger partial charge in [0.25, 0.3) is 0 Å². The average Bonchev–Trinajstić information content (AvgIpc) is 3.23. The zero-order chi connectivity index (χ0) is 25.4. The van der Waals surface area contributed by atoms with E-state index in [2.05, 4.69) is 28.1 Å². The Morgan fingerprint density at radius 2 is 1.72 bits per heavy atom. The number of Topliss-reactive ketones (excluding diaryl/α,β-unsaturated/α-hetero) is 1. The summed E-state index contributed by atoms with van der Waals surface area (Å²) in [6, 6.07) is 23.4. The molecule has 2 aliphatic rings. The molecule has 1 saturated heterocycles. The number of ether oxygens (including phenoxy) is 2. The SMILES string of the molecule is COc1ccc(C(=O)C2C(c3ccc(OC)c(Br)c3)C(C#N)(C#N)C3C=Cc4ccccc4N23)cc1. The first-order valence-electron chi connectivity index (χ1n) is 11.4. The minimum absolute atomic E-state index is 0.169. The van der Waals surface area contributed by atoms with Crippen molar-refractivity contribution in [3.8, 4) is 23.6 Å². The standard InChI is InChI=1S/C29H22BrN3O3/c1-35-21-11-7-19(8-12-21)28(34)27-26(20-9-13-24(36-2)22(30)15-20)29(16-31,17-32)25-14-10-18-5-3-4-6-23(18)33(25)27/h3-15,25-27H,1-2H3. The molecule has 2 aliphatic heterocycles. The van der Waals surface area contributed by atoms with E-state index < -0.39 is 23.4 Å². The number of methoxy groups -OCH3 is 2. The van der Waals surface area contributed by atoms with Gasteiger partial charge in [0, 0.05) is 17.2 Å². The molecule has 0 N–H and O–H groups in total. The number of hydrogen-bond donors (Lipinski definition) is 0. The van der Waals surface area contributed by atoms with Crippen LogP contribution in [0.2, 0.25) is 0 Å². The van der Waals surface area contributed by atoms with E-state index in [-0.39, 0.29) is 5.78 Å². The molecule has 36 heavy (non-hydrogen) atoms. The van der Waals surface area contributed by atoms with Gasteiger partial charge in [0.15, 0.2) is 11.2 Å². The zero-order valence-electron chi connectivity index (χ0n) is 19.7. The molecule has 0 amide bonds. The Morgan fingerprint density at radius 1 is 1.00 bits per heavy atom. The second-order valence-corrected chi connectivity index (χ2v) is 9.63. The first-order chi connectivity index (χ1) is 17.5. The van der Waals surface area contributed by atoms with Crippen LogP contribution in [0, 0.1) is 28.1 Å². The fourth-order valence-corrected chi connectivity index (χ4v) is 5.97. The van der Waals surface area contributed by atoms with Gasteiger partial charge in [0.2, 0.25) is 0 Å². The fraction of sp³-hybridized carbons (Fsp3) is 0.207. The number of nitriles is 2. The van der Waals surface area contributed by atoms with Crippen LogP contribution in [0.5, 0.6) is 11.5 Å².